The standard InChI is InChI=1S/C15H13FN2O2S2/c16-11-3-5-12(6-4-11)19-7-9-21-10-14-17-15(18-20-14)13-2-1-8-22-13/h1-6,8H,7,9-10H2. The van der Waals surface area contributed by atoms with Gasteiger partial charge in [-0.2, -0.15) is 4.98 Å². The number of hydrogen-bond acceptors (Lipinski definition) is 6. The summed E-state index contributed by atoms with van der Waals surface area (Å²) in [5.74, 6) is 3.07. The summed E-state index contributed by atoms with van der Waals surface area (Å²) in [6, 6.07) is 9.91. The zero-order valence-electron chi connectivity index (χ0n) is 11.6. The van der Waals surface area contributed by atoms with Gasteiger partial charge < -0.3 is 9.26 Å². The molecule has 2 heterocycles. The van der Waals surface area contributed by atoms with Crippen LogP contribution in [0.25, 0.3) is 10.7 Å². The molecule has 0 amide bonds. The second kappa shape index (κ2) is 7.42. The second-order valence-electron chi connectivity index (χ2n) is 4.34. The molecule has 2 aromatic heterocycles. The van der Waals surface area contributed by atoms with Crippen molar-refractivity contribution >= 4 is 23.1 Å². The number of rotatable bonds is 7. The van der Waals surface area contributed by atoms with E-state index in [1.165, 1.54) is 12.1 Å². The normalized spacial score (nSPS) is 10.8. The van der Waals surface area contributed by atoms with Crippen molar-refractivity contribution in [2.45, 2.75) is 5.75 Å². The molecule has 7 heteroatoms. The summed E-state index contributed by atoms with van der Waals surface area (Å²) in [5, 5.41) is 5.94. The van der Waals surface area contributed by atoms with Gasteiger partial charge in [0, 0.05) is 5.75 Å². The van der Waals surface area contributed by atoms with Crippen LogP contribution in [0.2, 0.25) is 0 Å². The first-order chi connectivity index (χ1) is 10.8. The predicted molar refractivity (Wildman–Crippen MR) is 85.7 cm³/mol. The Morgan fingerprint density at radius 1 is 1.23 bits per heavy atom. The maximum atomic E-state index is 12.7. The van der Waals surface area contributed by atoms with E-state index in [-0.39, 0.29) is 5.82 Å². The van der Waals surface area contributed by atoms with E-state index in [1.54, 1.807) is 35.2 Å². The lowest BCUT2D eigenvalue weighted by Gasteiger charge is -2.04. The molecule has 3 rings (SSSR count). The van der Waals surface area contributed by atoms with Gasteiger partial charge in [0.1, 0.15) is 11.6 Å². The number of thioether (sulfide) groups is 1. The van der Waals surface area contributed by atoms with Crippen molar-refractivity contribution < 1.29 is 13.7 Å². The topological polar surface area (TPSA) is 48.2 Å². The Hall–Kier alpha value is -1.86. The minimum atomic E-state index is -0.264. The van der Waals surface area contributed by atoms with Crippen LogP contribution >= 0.6 is 23.1 Å². The van der Waals surface area contributed by atoms with Crippen molar-refractivity contribution in [1.29, 1.82) is 0 Å². The first-order valence-corrected chi connectivity index (χ1v) is 8.67. The summed E-state index contributed by atoms with van der Waals surface area (Å²) in [6.07, 6.45) is 0. The van der Waals surface area contributed by atoms with Gasteiger partial charge in [0.15, 0.2) is 0 Å². The van der Waals surface area contributed by atoms with Gasteiger partial charge >= 0.3 is 0 Å². The SMILES string of the molecule is Fc1ccc(OCCSCc2nc(-c3cccs3)no2)cc1. The van der Waals surface area contributed by atoms with Crippen molar-refractivity contribution in [3.05, 3.63) is 53.5 Å². The molecule has 0 aliphatic heterocycles. The van der Waals surface area contributed by atoms with Crippen LogP contribution in [0.4, 0.5) is 4.39 Å². The van der Waals surface area contributed by atoms with Gasteiger partial charge in [-0.1, -0.05) is 11.2 Å². The fourth-order valence-electron chi connectivity index (χ4n) is 1.73. The highest BCUT2D eigenvalue weighted by Gasteiger charge is 2.09. The summed E-state index contributed by atoms with van der Waals surface area (Å²) in [5.41, 5.74) is 0. The molecule has 0 fully saturated rings. The van der Waals surface area contributed by atoms with E-state index >= 15 is 0 Å². The Bertz CT molecular complexity index is 699. The van der Waals surface area contributed by atoms with Crippen molar-refractivity contribution in [3.63, 3.8) is 0 Å². The molecule has 0 unspecified atom stereocenters. The van der Waals surface area contributed by atoms with Gasteiger partial charge in [-0.15, -0.1) is 23.1 Å². The Morgan fingerprint density at radius 3 is 2.86 bits per heavy atom. The molecule has 0 atom stereocenters. The van der Waals surface area contributed by atoms with Crippen LogP contribution in [-0.2, 0) is 5.75 Å². The molecule has 0 saturated carbocycles. The van der Waals surface area contributed by atoms with Crippen LogP contribution in [0, 0.1) is 5.82 Å². The Balaban J connectivity index is 1.39. The quantitative estimate of drug-likeness (QED) is 0.604. The van der Waals surface area contributed by atoms with E-state index in [1.807, 2.05) is 17.5 Å². The lowest BCUT2D eigenvalue weighted by molar-refractivity contribution is 0.343. The van der Waals surface area contributed by atoms with Gasteiger partial charge in [0.2, 0.25) is 11.7 Å². The molecule has 0 aliphatic rings. The molecule has 1 aromatic carbocycles. The molecular weight excluding hydrogens is 323 g/mol. The average Bonchev–Trinajstić information content (AvgIpc) is 3.19. The lowest BCUT2D eigenvalue weighted by atomic mass is 10.3. The van der Waals surface area contributed by atoms with E-state index in [0.717, 1.165) is 10.6 Å². The van der Waals surface area contributed by atoms with Gasteiger partial charge in [-0.3, -0.25) is 0 Å². The molecule has 0 N–H and O–H groups in total. The van der Waals surface area contributed by atoms with Crippen LogP contribution in [0.1, 0.15) is 5.89 Å². The van der Waals surface area contributed by atoms with E-state index in [9.17, 15) is 4.39 Å². The van der Waals surface area contributed by atoms with Gasteiger partial charge in [-0.25, -0.2) is 4.39 Å². The van der Waals surface area contributed by atoms with Crippen LogP contribution in [0.3, 0.4) is 0 Å². The molecule has 0 aliphatic carbocycles. The highest BCUT2D eigenvalue weighted by molar-refractivity contribution is 7.98. The molecular formula is C15H13FN2O2S2. The number of benzene rings is 1. The first kappa shape index (κ1) is 15.1. The fourth-order valence-corrected chi connectivity index (χ4v) is 3.01. The number of halogens is 1. The molecule has 0 spiro atoms. The van der Waals surface area contributed by atoms with Crippen LogP contribution < -0.4 is 4.74 Å². The average molecular weight is 336 g/mol. The second-order valence-corrected chi connectivity index (χ2v) is 6.40. The molecule has 22 heavy (non-hydrogen) atoms. The summed E-state index contributed by atoms with van der Waals surface area (Å²) in [4.78, 5) is 5.35. The smallest absolute Gasteiger partial charge is 0.236 e. The molecule has 4 nitrogen and oxygen atoms in total. The minimum absolute atomic E-state index is 0.264. The molecule has 114 valence electrons. The van der Waals surface area contributed by atoms with Gasteiger partial charge in [0.25, 0.3) is 0 Å². The number of hydrogen-bond donors (Lipinski definition) is 0. The minimum Gasteiger partial charge on any atom is -0.493 e. The highest BCUT2D eigenvalue weighted by atomic mass is 32.2. The van der Waals surface area contributed by atoms with Gasteiger partial charge in [0.05, 0.1) is 17.2 Å². The third-order valence-electron chi connectivity index (χ3n) is 2.75. The van der Waals surface area contributed by atoms with E-state index in [0.29, 0.717) is 29.8 Å². The molecule has 0 bridgehead atoms. The summed E-state index contributed by atoms with van der Waals surface area (Å²) in [7, 11) is 0. The van der Waals surface area contributed by atoms with Crippen LogP contribution in [-0.4, -0.2) is 22.5 Å². The number of aromatic nitrogens is 2. The zero-order valence-corrected chi connectivity index (χ0v) is 13.2. The van der Waals surface area contributed by atoms with Crippen molar-refractivity contribution in [1.82, 2.24) is 10.1 Å². The largest absolute Gasteiger partial charge is 0.493 e. The summed E-state index contributed by atoms with van der Waals surface area (Å²) < 4.78 is 23.5. The summed E-state index contributed by atoms with van der Waals surface area (Å²) in [6.45, 7) is 0.544. The van der Waals surface area contributed by atoms with Crippen LogP contribution in [0.15, 0.2) is 46.3 Å². The molecule has 0 radical (unpaired) electrons. The monoisotopic (exact) mass is 336 g/mol. The fraction of sp³-hybridized carbons (Fsp3) is 0.200. The van der Waals surface area contributed by atoms with Crippen molar-refractivity contribution in [3.8, 4) is 16.5 Å². The lowest BCUT2D eigenvalue weighted by Crippen LogP contribution is -2.00. The van der Waals surface area contributed by atoms with Crippen LogP contribution in [0.5, 0.6) is 5.75 Å². The van der Waals surface area contributed by atoms with Crippen molar-refractivity contribution in [2.75, 3.05) is 12.4 Å². The third kappa shape index (κ3) is 4.08. The number of nitrogens with zero attached hydrogens (tertiary/aromatic N) is 2. The van der Waals surface area contributed by atoms with Gasteiger partial charge in [-0.05, 0) is 35.7 Å². The van der Waals surface area contributed by atoms with E-state index < -0.39 is 0 Å². The maximum Gasteiger partial charge on any atom is 0.236 e. The predicted octanol–water partition coefficient (Wildman–Crippen LogP) is 4.25. The molecule has 0 saturated heterocycles. The Labute approximate surface area is 135 Å². The Kier molecular flexibility index (Phi) is 5.07. The zero-order chi connectivity index (χ0) is 15.2. The first-order valence-electron chi connectivity index (χ1n) is 6.64. The highest BCUT2D eigenvalue weighted by Crippen LogP contribution is 2.22. The maximum absolute atomic E-state index is 12.7. The van der Waals surface area contributed by atoms with E-state index in [4.69, 9.17) is 9.26 Å². The van der Waals surface area contributed by atoms with Crippen molar-refractivity contribution in [2.24, 2.45) is 0 Å². The summed E-state index contributed by atoms with van der Waals surface area (Å²) >= 11 is 3.23. The number of ether oxygens (including phenoxy) is 1. The molecule has 3 aromatic rings. The third-order valence-corrected chi connectivity index (χ3v) is 4.52. The number of thiophene rings is 1. The Morgan fingerprint density at radius 2 is 2.09 bits per heavy atom. The van der Waals surface area contributed by atoms with E-state index in [2.05, 4.69) is 10.1 Å².